The quantitative estimate of drug-likeness (QED) is 0.787. The van der Waals surface area contributed by atoms with Gasteiger partial charge in [0.2, 0.25) is 15.9 Å². The van der Waals surface area contributed by atoms with E-state index in [1.807, 2.05) is 30.3 Å². The predicted octanol–water partition coefficient (Wildman–Crippen LogP) is 2.07. The summed E-state index contributed by atoms with van der Waals surface area (Å²) in [6.45, 7) is 1.07. The molecule has 7 heteroatoms. The van der Waals surface area contributed by atoms with Gasteiger partial charge in [-0.15, -0.1) is 0 Å². The normalized spacial score (nSPS) is 14.1. The molecule has 1 aliphatic rings. The molecule has 0 aliphatic carbocycles. The fraction of sp³-hybridized carbons (Fsp3) is 0.350. The van der Waals surface area contributed by atoms with E-state index in [1.54, 1.807) is 24.1 Å². The maximum Gasteiger partial charge on any atom is 0.242 e. The molecule has 0 radical (unpaired) electrons. The van der Waals surface area contributed by atoms with Crippen LogP contribution in [-0.2, 0) is 34.2 Å². The number of hydrogen-bond donors (Lipinski definition) is 0. The second-order valence-electron chi connectivity index (χ2n) is 6.81. The summed E-state index contributed by atoms with van der Waals surface area (Å²) >= 11 is 0. The molecule has 0 N–H and O–H groups in total. The first-order valence-corrected chi connectivity index (χ1v) is 10.2. The van der Waals surface area contributed by atoms with E-state index in [1.165, 1.54) is 18.4 Å². The van der Waals surface area contributed by atoms with Crippen molar-refractivity contribution < 1.29 is 17.9 Å². The first-order chi connectivity index (χ1) is 12.8. The van der Waals surface area contributed by atoms with Crippen molar-refractivity contribution in [2.24, 2.45) is 0 Å². The Kier molecular flexibility index (Phi) is 5.53. The Morgan fingerprint density at radius 2 is 1.81 bits per heavy atom. The summed E-state index contributed by atoms with van der Waals surface area (Å²) in [6, 6.07) is 12.6. The largest absolute Gasteiger partial charge is 0.497 e. The average molecular weight is 388 g/mol. The highest BCUT2D eigenvalue weighted by Crippen LogP contribution is 2.24. The summed E-state index contributed by atoms with van der Waals surface area (Å²) in [5, 5.41) is 0. The van der Waals surface area contributed by atoms with Crippen molar-refractivity contribution in [2.75, 3.05) is 27.7 Å². The van der Waals surface area contributed by atoms with E-state index >= 15 is 0 Å². The molecule has 0 bridgehead atoms. The van der Waals surface area contributed by atoms with Gasteiger partial charge in [0.15, 0.2) is 0 Å². The number of nitrogens with zero attached hydrogens (tertiary/aromatic N) is 2. The van der Waals surface area contributed by atoms with E-state index in [9.17, 15) is 13.2 Å². The molecule has 0 spiro atoms. The number of carbonyl (C=O) groups is 1. The second kappa shape index (κ2) is 7.70. The molecule has 0 fully saturated rings. The van der Waals surface area contributed by atoms with Crippen molar-refractivity contribution in [1.29, 1.82) is 0 Å². The molecule has 1 amide bonds. The number of amides is 1. The van der Waals surface area contributed by atoms with Gasteiger partial charge in [-0.1, -0.05) is 18.2 Å². The van der Waals surface area contributed by atoms with Crippen LogP contribution in [0.5, 0.6) is 5.75 Å². The lowest BCUT2D eigenvalue weighted by Crippen LogP contribution is -2.37. The van der Waals surface area contributed by atoms with Crippen LogP contribution in [0.15, 0.2) is 47.4 Å². The Balaban J connectivity index is 1.75. The van der Waals surface area contributed by atoms with Gasteiger partial charge in [0.1, 0.15) is 5.75 Å². The molecule has 0 unspecified atom stereocenters. The van der Waals surface area contributed by atoms with E-state index in [-0.39, 0.29) is 10.8 Å². The fourth-order valence-corrected chi connectivity index (χ4v) is 4.10. The molecule has 0 saturated carbocycles. The minimum atomic E-state index is -3.49. The molecular weight excluding hydrogens is 364 g/mol. The lowest BCUT2D eigenvalue weighted by molar-refractivity contribution is -0.131. The zero-order valence-corrected chi connectivity index (χ0v) is 16.6. The van der Waals surface area contributed by atoms with Crippen LogP contribution in [0.2, 0.25) is 0 Å². The molecule has 3 rings (SSSR count). The summed E-state index contributed by atoms with van der Waals surface area (Å²) in [5.41, 5.74) is 2.92. The molecule has 1 heterocycles. The standard InChI is InChI=1S/C20H24N2O4S/c1-21(2)27(24,25)19-9-6-16-10-11-22(14-17(16)13-19)20(23)12-15-4-7-18(26-3)8-5-15/h4-9,13H,10-12,14H2,1-3H3. The Morgan fingerprint density at radius 3 is 2.44 bits per heavy atom. The third-order valence-corrected chi connectivity index (χ3v) is 6.65. The van der Waals surface area contributed by atoms with Gasteiger partial charge < -0.3 is 9.64 Å². The van der Waals surface area contributed by atoms with Crippen LogP contribution in [0.3, 0.4) is 0 Å². The number of benzene rings is 2. The highest BCUT2D eigenvalue weighted by molar-refractivity contribution is 7.89. The number of sulfonamides is 1. The van der Waals surface area contributed by atoms with Crippen LogP contribution in [0.4, 0.5) is 0 Å². The summed E-state index contributed by atoms with van der Waals surface area (Å²) < 4.78 is 31.1. The first-order valence-electron chi connectivity index (χ1n) is 8.76. The van der Waals surface area contributed by atoms with Crippen molar-refractivity contribution in [3.63, 3.8) is 0 Å². The van der Waals surface area contributed by atoms with E-state index in [0.29, 0.717) is 19.5 Å². The Morgan fingerprint density at radius 1 is 1.11 bits per heavy atom. The van der Waals surface area contributed by atoms with Crippen LogP contribution >= 0.6 is 0 Å². The molecule has 2 aromatic carbocycles. The Hall–Kier alpha value is -2.38. The summed E-state index contributed by atoms with van der Waals surface area (Å²) in [5.74, 6) is 0.791. The first kappa shape index (κ1) is 19.4. The second-order valence-corrected chi connectivity index (χ2v) is 8.96. The monoisotopic (exact) mass is 388 g/mol. The maximum atomic E-state index is 12.7. The number of rotatable bonds is 5. The van der Waals surface area contributed by atoms with Crippen LogP contribution in [0, 0.1) is 0 Å². The van der Waals surface area contributed by atoms with Crippen molar-refractivity contribution >= 4 is 15.9 Å². The third kappa shape index (κ3) is 4.14. The molecule has 1 aliphatic heterocycles. The Bertz CT molecular complexity index is 937. The lowest BCUT2D eigenvalue weighted by Gasteiger charge is -2.29. The SMILES string of the molecule is COc1ccc(CC(=O)N2CCc3ccc(S(=O)(=O)N(C)C)cc3C2)cc1. The van der Waals surface area contributed by atoms with Crippen molar-refractivity contribution in [3.8, 4) is 5.75 Å². The molecular formula is C20H24N2O4S. The fourth-order valence-electron chi connectivity index (χ4n) is 3.15. The van der Waals surface area contributed by atoms with Gasteiger partial charge in [-0.3, -0.25) is 4.79 Å². The lowest BCUT2D eigenvalue weighted by atomic mass is 9.99. The van der Waals surface area contributed by atoms with E-state index in [2.05, 4.69) is 0 Å². The molecule has 6 nitrogen and oxygen atoms in total. The highest BCUT2D eigenvalue weighted by Gasteiger charge is 2.24. The summed E-state index contributed by atoms with van der Waals surface area (Å²) in [7, 11) is 1.15. The molecule has 144 valence electrons. The smallest absolute Gasteiger partial charge is 0.242 e. The molecule has 0 saturated heterocycles. The summed E-state index contributed by atoms with van der Waals surface area (Å²) in [6.07, 6.45) is 1.04. The van der Waals surface area contributed by atoms with Crippen LogP contribution in [0.25, 0.3) is 0 Å². The van der Waals surface area contributed by atoms with Crippen molar-refractivity contribution in [3.05, 3.63) is 59.2 Å². The van der Waals surface area contributed by atoms with Gasteiger partial charge in [0.05, 0.1) is 18.4 Å². The van der Waals surface area contributed by atoms with Gasteiger partial charge in [-0.2, -0.15) is 0 Å². The molecule has 2 aromatic rings. The van der Waals surface area contributed by atoms with Gasteiger partial charge >= 0.3 is 0 Å². The Labute approximate surface area is 160 Å². The number of ether oxygens (including phenoxy) is 1. The minimum Gasteiger partial charge on any atom is -0.497 e. The topological polar surface area (TPSA) is 66.9 Å². The van der Waals surface area contributed by atoms with Gasteiger partial charge in [0, 0.05) is 27.2 Å². The predicted molar refractivity (Wildman–Crippen MR) is 103 cm³/mol. The number of fused-ring (bicyclic) bond motifs is 1. The number of methoxy groups -OCH3 is 1. The molecule has 27 heavy (non-hydrogen) atoms. The van der Waals surface area contributed by atoms with E-state index in [0.717, 1.165) is 28.9 Å². The summed E-state index contributed by atoms with van der Waals surface area (Å²) in [4.78, 5) is 14.7. The van der Waals surface area contributed by atoms with Crippen LogP contribution < -0.4 is 4.74 Å². The van der Waals surface area contributed by atoms with E-state index < -0.39 is 10.0 Å². The van der Waals surface area contributed by atoms with Gasteiger partial charge in [0.25, 0.3) is 0 Å². The zero-order chi connectivity index (χ0) is 19.6. The van der Waals surface area contributed by atoms with Crippen molar-refractivity contribution in [2.45, 2.75) is 24.3 Å². The zero-order valence-electron chi connectivity index (χ0n) is 15.8. The molecule has 0 atom stereocenters. The van der Waals surface area contributed by atoms with E-state index in [4.69, 9.17) is 4.74 Å². The van der Waals surface area contributed by atoms with Gasteiger partial charge in [-0.25, -0.2) is 12.7 Å². The maximum absolute atomic E-state index is 12.7. The van der Waals surface area contributed by atoms with Crippen LogP contribution in [-0.4, -0.2) is 51.3 Å². The average Bonchev–Trinajstić information content (AvgIpc) is 2.67. The number of carbonyl (C=O) groups excluding carboxylic acids is 1. The van der Waals surface area contributed by atoms with Gasteiger partial charge in [-0.05, 0) is 47.4 Å². The minimum absolute atomic E-state index is 0.0340. The van der Waals surface area contributed by atoms with Crippen LogP contribution in [0.1, 0.15) is 16.7 Å². The molecule has 0 aromatic heterocycles. The highest BCUT2D eigenvalue weighted by atomic mass is 32.2. The number of hydrogen-bond acceptors (Lipinski definition) is 4. The third-order valence-electron chi connectivity index (χ3n) is 4.84. The van der Waals surface area contributed by atoms with Crippen molar-refractivity contribution in [1.82, 2.24) is 9.21 Å².